The summed E-state index contributed by atoms with van der Waals surface area (Å²) in [6.07, 6.45) is 0. The lowest BCUT2D eigenvalue weighted by Gasteiger charge is -1.98. The zero-order chi connectivity index (χ0) is 13.7. The number of aromatic nitrogens is 1. The van der Waals surface area contributed by atoms with Crippen LogP contribution in [-0.4, -0.2) is 21.6 Å². The molecule has 2 heterocycles. The molecule has 1 aliphatic heterocycles. The molecule has 0 saturated carbocycles. The first kappa shape index (κ1) is 13.1. The highest BCUT2D eigenvalue weighted by Gasteiger charge is 2.29. The number of para-hydroxylation sites is 2. The van der Waals surface area contributed by atoms with Crippen molar-refractivity contribution in [3.05, 3.63) is 59.7 Å². The van der Waals surface area contributed by atoms with Crippen LogP contribution in [0.15, 0.2) is 53.5 Å². The van der Waals surface area contributed by atoms with Crippen molar-refractivity contribution in [2.24, 2.45) is 4.99 Å². The number of benzene rings is 2. The van der Waals surface area contributed by atoms with Crippen LogP contribution in [0.2, 0.25) is 0 Å². The Bertz CT molecular complexity index is 891. The van der Waals surface area contributed by atoms with Crippen LogP contribution in [-0.2, 0) is 0 Å². The van der Waals surface area contributed by atoms with Gasteiger partial charge in [0.15, 0.2) is 5.88 Å². The average molecular weight is 278 g/mol. The number of aliphatic imine (C=N–C) groups is 1. The number of nitrogens with one attached hydrogen (secondary N) is 1. The highest BCUT2D eigenvalue weighted by Crippen LogP contribution is 2.34. The molecule has 2 aromatic carbocycles. The van der Waals surface area contributed by atoms with Gasteiger partial charge < -0.3 is 10.1 Å². The highest BCUT2D eigenvalue weighted by molar-refractivity contribution is 6.56. The lowest BCUT2D eigenvalue weighted by molar-refractivity contribution is 0.107. The number of Topliss-reactive ketones (excluding diaryl/α,β-unsaturated/α-hetero) is 1. The van der Waals surface area contributed by atoms with Gasteiger partial charge in [0, 0.05) is 16.5 Å². The van der Waals surface area contributed by atoms with E-state index in [1.165, 1.54) is 0 Å². The number of hydrogen-bond acceptors (Lipinski definition) is 3. The van der Waals surface area contributed by atoms with Crippen LogP contribution in [0.4, 0.5) is 5.69 Å². The van der Waals surface area contributed by atoms with Crippen LogP contribution in [0.3, 0.4) is 0 Å². The van der Waals surface area contributed by atoms with Crippen LogP contribution in [0.5, 0.6) is 5.88 Å². The van der Waals surface area contributed by atoms with E-state index in [2.05, 4.69) is 9.98 Å². The summed E-state index contributed by atoms with van der Waals surface area (Å²) in [4.78, 5) is 19.7. The molecule has 4 heteroatoms. The summed E-state index contributed by atoms with van der Waals surface area (Å²) in [5.41, 5.74) is 2.78. The zero-order valence-corrected chi connectivity index (χ0v) is 10.4. The third kappa shape index (κ3) is 1.76. The molecule has 1 aromatic heterocycles. The number of ketones is 1. The minimum absolute atomic E-state index is 0. The first-order valence-electron chi connectivity index (χ1n) is 6.28. The third-order valence-electron chi connectivity index (χ3n) is 3.52. The largest absolute Gasteiger partial charge is 0.494 e. The van der Waals surface area contributed by atoms with Crippen LogP contribution >= 0.6 is 0 Å². The van der Waals surface area contributed by atoms with Crippen LogP contribution in [0.25, 0.3) is 10.9 Å². The maximum atomic E-state index is 12.4. The van der Waals surface area contributed by atoms with Crippen molar-refractivity contribution in [1.29, 1.82) is 0 Å². The van der Waals surface area contributed by atoms with Crippen molar-refractivity contribution >= 4 is 28.1 Å². The summed E-state index contributed by atoms with van der Waals surface area (Å²) < 4.78 is 0. The van der Waals surface area contributed by atoms with Gasteiger partial charge in [0.25, 0.3) is 0 Å². The number of carbonyl (C=O) groups is 1. The van der Waals surface area contributed by atoms with E-state index in [1.807, 2.05) is 36.4 Å². The van der Waals surface area contributed by atoms with E-state index < -0.39 is 0 Å². The minimum Gasteiger partial charge on any atom is -0.494 e. The van der Waals surface area contributed by atoms with Crippen molar-refractivity contribution in [2.75, 3.05) is 0 Å². The monoisotopic (exact) mass is 278 g/mol. The molecule has 2 N–H and O–H groups in total. The van der Waals surface area contributed by atoms with Gasteiger partial charge in [-0.25, -0.2) is 4.99 Å². The molecular formula is C17H14N2O2. The molecule has 0 fully saturated rings. The maximum Gasteiger partial charge on any atom is 0.214 e. The Morgan fingerprint density at radius 2 is 1.71 bits per heavy atom. The van der Waals surface area contributed by atoms with Gasteiger partial charge in [-0.2, -0.15) is 0 Å². The molecule has 0 bridgehead atoms. The number of aromatic amines is 1. The van der Waals surface area contributed by atoms with E-state index in [0.29, 0.717) is 22.5 Å². The third-order valence-corrected chi connectivity index (χ3v) is 3.52. The number of nitrogens with zero attached hydrogens (tertiary/aromatic N) is 1. The van der Waals surface area contributed by atoms with Crippen molar-refractivity contribution in [2.45, 2.75) is 7.43 Å². The van der Waals surface area contributed by atoms with Crippen molar-refractivity contribution in [3.63, 3.8) is 0 Å². The van der Waals surface area contributed by atoms with Gasteiger partial charge in [0.05, 0.1) is 11.3 Å². The molecule has 0 unspecified atom stereocenters. The van der Waals surface area contributed by atoms with Gasteiger partial charge in [0.2, 0.25) is 5.78 Å². The van der Waals surface area contributed by atoms with Crippen LogP contribution < -0.4 is 0 Å². The van der Waals surface area contributed by atoms with Gasteiger partial charge in [-0.3, -0.25) is 4.79 Å². The fraction of sp³-hybridized carbons (Fsp3) is 0.0588. The highest BCUT2D eigenvalue weighted by atomic mass is 16.3. The van der Waals surface area contributed by atoms with Crippen molar-refractivity contribution in [3.8, 4) is 5.88 Å². The standard InChI is InChI=1S/C16H10N2O2.CH4/c19-15-10-6-2-4-8-12(10)17-14(15)13-9-5-1-3-7-11(9)18-16(13)20;/h1-8,18,20H;1H4. The number of rotatable bonds is 1. The Kier molecular flexibility index (Phi) is 2.87. The zero-order valence-electron chi connectivity index (χ0n) is 10.4. The molecule has 21 heavy (non-hydrogen) atoms. The van der Waals surface area contributed by atoms with Gasteiger partial charge in [-0.15, -0.1) is 0 Å². The van der Waals surface area contributed by atoms with E-state index in [9.17, 15) is 9.90 Å². The molecule has 0 saturated heterocycles. The summed E-state index contributed by atoms with van der Waals surface area (Å²) in [6, 6.07) is 14.6. The molecule has 0 radical (unpaired) electrons. The topological polar surface area (TPSA) is 65.4 Å². The average Bonchev–Trinajstić information content (AvgIpc) is 2.96. The van der Waals surface area contributed by atoms with Crippen LogP contribution in [0.1, 0.15) is 23.3 Å². The number of carbonyl (C=O) groups excluding carboxylic acids is 1. The van der Waals surface area contributed by atoms with Crippen molar-refractivity contribution in [1.82, 2.24) is 4.98 Å². The maximum absolute atomic E-state index is 12.4. The SMILES string of the molecule is C.O=C1C(c2c(O)[nH]c3ccccc23)=Nc2ccccc21. The van der Waals surface area contributed by atoms with Gasteiger partial charge >= 0.3 is 0 Å². The summed E-state index contributed by atoms with van der Waals surface area (Å²) in [6.45, 7) is 0. The predicted octanol–water partition coefficient (Wildman–Crippen LogP) is 3.83. The number of hydrogen-bond donors (Lipinski definition) is 2. The Hall–Kier alpha value is -2.88. The Labute approximate surface area is 121 Å². The van der Waals surface area contributed by atoms with E-state index in [4.69, 9.17) is 0 Å². The fourth-order valence-electron chi connectivity index (χ4n) is 2.60. The Balaban J connectivity index is 0.00000132. The molecule has 3 aromatic rings. The Morgan fingerprint density at radius 3 is 2.52 bits per heavy atom. The molecule has 0 aliphatic carbocycles. The lowest BCUT2D eigenvalue weighted by Crippen LogP contribution is -2.10. The summed E-state index contributed by atoms with van der Waals surface area (Å²) in [5.74, 6) is -0.174. The van der Waals surface area contributed by atoms with Gasteiger partial charge in [-0.05, 0) is 18.2 Å². The van der Waals surface area contributed by atoms with Crippen LogP contribution in [0, 0.1) is 0 Å². The molecule has 104 valence electrons. The van der Waals surface area contributed by atoms with E-state index in [-0.39, 0.29) is 19.1 Å². The molecule has 0 amide bonds. The second-order valence-corrected chi connectivity index (χ2v) is 4.70. The normalized spacial score (nSPS) is 13.0. The van der Waals surface area contributed by atoms with Gasteiger partial charge in [-0.1, -0.05) is 37.8 Å². The van der Waals surface area contributed by atoms with E-state index >= 15 is 0 Å². The summed E-state index contributed by atoms with van der Waals surface area (Å²) in [7, 11) is 0. The number of fused-ring (bicyclic) bond motifs is 2. The second-order valence-electron chi connectivity index (χ2n) is 4.70. The summed E-state index contributed by atoms with van der Waals surface area (Å²) in [5, 5.41) is 10.9. The molecule has 4 rings (SSSR count). The first-order chi connectivity index (χ1) is 9.75. The lowest BCUT2D eigenvalue weighted by atomic mass is 10.0. The Morgan fingerprint density at radius 1 is 1.00 bits per heavy atom. The molecule has 4 nitrogen and oxygen atoms in total. The minimum atomic E-state index is -0.152. The second kappa shape index (κ2) is 4.59. The number of H-pyrrole nitrogens is 1. The van der Waals surface area contributed by atoms with E-state index in [1.54, 1.807) is 12.1 Å². The smallest absolute Gasteiger partial charge is 0.214 e. The molecule has 0 spiro atoms. The summed E-state index contributed by atoms with van der Waals surface area (Å²) >= 11 is 0. The molecule has 0 atom stereocenters. The predicted molar refractivity (Wildman–Crippen MR) is 83.7 cm³/mol. The quantitative estimate of drug-likeness (QED) is 0.710. The number of aromatic hydroxyl groups is 1. The van der Waals surface area contributed by atoms with Gasteiger partial charge in [0.1, 0.15) is 5.71 Å². The molecule has 1 aliphatic rings. The fourth-order valence-corrected chi connectivity index (χ4v) is 2.60. The molecular weight excluding hydrogens is 264 g/mol. The van der Waals surface area contributed by atoms with E-state index in [0.717, 1.165) is 10.9 Å². The first-order valence-corrected chi connectivity index (χ1v) is 6.28. The van der Waals surface area contributed by atoms with Crippen molar-refractivity contribution < 1.29 is 9.90 Å².